The highest BCUT2D eigenvalue weighted by atomic mass is 19.4. The average Bonchev–Trinajstić information content (AvgIpc) is 3.09. The molecule has 0 fully saturated rings. The summed E-state index contributed by atoms with van der Waals surface area (Å²) in [6.45, 7) is 2.40. The van der Waals surface area contributed by atoms with Gasteiger partial charge in [0.2, 0.25) is 0 Å². The predicted molar refractivity (Wildman–Crippen MR) is 72.6 cm³/mol. The highest BCUT2D eigenvalue weighted by Gasteiger charge is 2.35. The molecule has 1 atom stereocenters. The van der Waals surface area contributed by atoms with E-state index in [0.717, 1.165) is 6.20 Å². The third-order valence-corrected chi connectivity index (χ3v) is 3.89. The molecule has 0 aliphatic carbocycles. The molecule has 23 heavy (non-hydrogen) atoms. The summed E-state index contributed by atoms with van der Waals surface area (Å²) in [5.74, 6) is 0.572. The second-order valence-electron chi connectivity index (χ2n) is 5.56. The highest BCUT2D eigenvalue weighted by molar-refractivity contribution is 5.92. The lowest BCUT2D eigenvalue weighted by Crippen LogP contribution is -2.34. The molecule has 2 aromatic heterocycles. The number of halogens is 3. The molecule has 0 saturated heterocycles. The van der Waals surface area contributed by atoms with Crippen molar-refractivity contribution in [3.05, 3.63) is 35.6 Å². The lowest BCUT2D eigenvalue weighted by atomic mass is 9.99. The number of imidazole rings is 1. The fourth-order valence-corrected chi connectivity index (χ4v) is 2.66. The molecule has 1 N–H and O–H groups in total. The first-order valence-electron chi connectivity index (χ1n) is 7.16. The van der Waals surface area contributed by atoms with Gasteiger partial charge in [-0.3, -0.25) is 4.79 Å². The predicted octanol–water partition coefficient (Wildman–Crippen LogP) is 2.19. The second kappa shape index (κ2) is 5.71. The highest BCUT2D eigenvalue weighted by Crippen LogP contribution is 2.30. The van der Waals surface area contributed by atoms with E-state index in [1.54, 1.807) is 6.92 Å². The summed E-state index contributed by atoms with van der Waals surface area (Å²) in [6, 6.07) is 0. The summed E-state index contributed by atoms with van der Waals surface area (Å²) in [5, 5.41) is 2.75. The zero-order valence-corrected chi connectivity index (χ0v) is 12.4. The van der Waals surface area contributed by atoms with Gasteiger partial charge in [-0.25, -0.2) is 9.97 Å². The number of aryl methyl sites for hydroxylation is 2. The van der Waals surface area contributed by atoms with E-state index in [2.05, 4.69) is 15.3 Å². The van der Waals surface area contributed by atoms with Crippen molar-refractivity contribution >= 4 is 5.91 Å². The van der Waals surface area contributed by atoms with E-state index < -0.39 is 11.9 Å². The number of rotatable bonds is 3. The minimum Gasteiger partial charge on any atom is -0.448 e. The zero-order chi connectivity index (χ0) is 16.6. The molecule has 0 bridgehead atoms. The van der Waals surface area contributed by atoms with Gasteiger partial charge in [-0.2, -0.15) is 13.2 Å². The van der Waals surface area contributed by atoms with Gasteiger partial charge < -0.3 is 14.3 Å². The van der Waals surface area contributed by atoms with E-state index in [1.165, 1.54) is 11.0 Å². The van der Waals surface area contributed by atoms with Gasteiger partial charge in [0.25, 0.3) is 5.91 Å². The van der Waals surface area contributed by atoms with Crippen LogP contribution in [0, 0.1) is 12.8 Å². The Hall–Kier alpha value is -2.32. The monoisotopic (exact) mass is 328 g/mol. The van der Waals surface area contributed by atoms with E-state index in [1.807, 2.05) is 0 Å². The van der Waals surface area contributed by atoms with Crippen molar-refractivity contribution < 1.29 is 22.4 Å². The molecule has 0 aromatic carbocycles. The summed E-state index contributed by atoms with van der Waals surface area (Å²) in [7, 11) is 0. The molecule has 0 unspecified atom stereocenters. The second-order valence-corrected chi connectivity index (χ2v) is 5.56. The minimum atomic E-state index is -4.43. The molecule has 124 valence electrons. The van der Waals surface area contributed by atoms with Crippen LogP contribution in [0.3, 0.4) is 0 Å². The van der Waals surface area contributed by atoms with Crippen LogP contribution in [0.4, 0.5) is 13.2 Å². The van der Waals surface area contributed by atoms with Crippen LogP contribution in [0.2, 0.25) is 0 Å². The minimum absolute atomic E-state index is 0.0499. The number of nitrogens with zero attached hydrogens (tertiary/aromatic N) is 3. The Balaban J connectivity index is 1.61. The number of aromatic nitrogens is 3. The normalized spacial score (nSPS) is 17.8. The van der Waals surface area contributed by atoms with Crippen LogP contribution in [0.5, 0.6) is 0 Å². The summed E-state index contributed by atoms with van der Waals surface area (Å²) in [6.07, 6.45) is -1.07. The Morgan fingerprint density at radius 3 is 2.96 bits per heavy atom. The largest absolute Gasteiger partial charge is 0.448 e. The van der Waals surface area contributed by atoms with Crippen molar-refractivity contribution in [2.24, 2.45) is 5.92 Å². The van der Waals surface area contributed by atoms with Crippen LogP contribution in [-0.4, -0.2) is 27.0 Å². The summed E-state index contributed by atoms with van der Waals surface area (Å²) >= 11 is 0. The van der Waals surface area contributed by atoms with Crippen LogP contribution in [0.25, 0.3) is 0 Å². The van der Waals surface area contributed by atoms with Crippen molar-refractivity contribution in [3.63, 3.8) is 0 Å². The molecule has 1 aliphatic heterocycles. The molecule has 9 heteroatoms. The number of fused-ring (bicyclic) bond motifs is 1. The van der Waals surface area contributed by atoms with Crippen LogP contribution in [0.1, 0.15) is 34.2 Å². The van der Waals surface area contributed by atoms with Crippen LogP contribution >= 0.6 is 0 Å². The quantitative estimate of drug-likeness (QED) is 0.937. The Labute approximate surface area is 129 Å². The maximum atomic E-state index is 12.7. The number of carbonyl (C=O) groups is 1. The third-order valence-electron chi connectivity index (χ3n) is 3.89. The topological polar surface area (TPSA) is 73.0 Å². The number of hydrogen-bond donors (Lipinski definition) is 1. The van der Waals surface area contributed by atoms with Crippen LogP contribution < -0.4 is 5.32 Å². The number of hydrogen-bond acceptors (Lipinski definition) is 4. The van der Waals surface area contributed by atoms with Gasteiger partial charge in [-0.1, -0.05) is 0 Å². The molecule has 3 heterocycles. The first kappa shape index (κ1) is 15.6. The first-order chi connectivity index (χ1) is 10.8. The molecule has 0 saturated carbocycles. The van der Waals surface area contributed by atoms with Crippen molar-refractivity contribution in [3.8, 4) is 0 Å². The summed E-state index contributed by atoms with van der Waals surface area (Å²) in [4.78, 5) is 19.4. The van der Waals surface area contributed by atoms with Gasteiger partial charge in [-0.05, 0) is 19.3 Å². The number of amides is 1. The molecular weight excluding hydrogens is 313 g/mol. The Bertz CT molecular complexity index is 720. The van der Waals surface area contributed by atoms with E-state index in [-0.39, 0.29) is 17.5 Å². The van der Waals surface area contributed by atoms with E-state index >= 15 is 0 Å². The lowest BCUT2D eigenvalue weighted by Gasteiger charge is -2.23. The SMILES string of the molecule is Cc1ocnc1C(=O)NC[C@H]1CCc2nc(C(F)(F)F)cn2C1. The maximum absolute atomic E-state index is 12.7. The van der Waals surface area contributed by atoms with Crippen LogP contribution in [-0.2, 0) is 19.1 Å². The van der Waals surface area contributed by atoms with Gasteiger partial charge in [0.05, 0.1) is 0 Å². The number of carbonyl (C=O) groups excluding carboxylic acids is 1. The summed E-state index contributed by atoms with van der Waals surface area (Å²) in [5.41, 5.74) is -0.640. The van der Waals surface area contributed by atoms with Crippen molar-refractivity contribution in [2.75, 3.05) is 6.54 Å². The standard InChI is InChI=1S/C14H15F3N4O2/c1-8-12(19-7-23-8)13(22)18-4-9-2-3-11-20-10(14(15,16)17)6-21(11)5-9/h6-7,9H,2-5H2,1H3,(H,18,22)/t9-/m1/s1. The van der Waals surface area contributed by atoms with Gasteiger partial charge >= 0.3 is 6.18 Å². The molecule has 3 rings (SSSR count). The third kappa shape index (κ3) is 3.22. The smallest absolute Gasteiger partial charge is 0.434 e. The van der Waals surface area contributed by atoms with Crippen molar-refractivity contribution in [1.29, 1.82) is 0 Å². The number of alkyl halides is 3. The van der Waals surface area contributed by atoms with Gasteiger partial charge in [0, 0.05) is 25.7 Å². The number of oxazole rings is 1. The van der Waals surface area contributed by atoms with Gasteiger partial charge in [0.15, 0.2) is 17.8 Å². The fourth-order valence-electron chi connectivity index (χ4n) is 2.66. The van der Waals surface area contributed by atoms with Crippen LogP contribution in [0.15, 0.2) is 17.0 Å². The fraction of sp³-hybridized carbons (Fsp3) is 0.500. The zero-order valence-electron chi connectivity index (χ0n) is 12.4. The molecule has 0 radical (unpaired) electrons. The van der Waals surface area contributed by atoms with Crippen molar-refractivity contribution in [1.82, 2.24) is 19.9 Å². The first-order valence-corrected chi connectivity index (χ1v) is 7.16. The molecule has 1 amide bonds. The van der Waals surface area contributed by atoms with Gasteiger partial charge in [0.1, 0.15) is 11.6 Å². The van der Waals surface area contributed by atoms with E-state index in [4.69, 9.17) is 4.42 Å². The Morgan fingerprint density at radius 1 is 1.52 bits per heavy atom. The Morgan fingerprint density at radius 2 is 2.30 bits per heavy atom. The molecule has 1 aliphatic rings. The van der Waals surface area contributed by atoms with Gasteiger partial charge in [-0.15, -0.1) is 0 Å². The number of nitrogens with one attached hydrogen (secondary N) is 1. The molecular formula is C14H15F3N4O2. The molecule has 0 spiro atoms. The molecule has 6 nitrogen and oxygen atoms in total. The molecule has 2 aromatic rings. The van der Waals surface area contributed by atoms with Crippen molar-refractivity contribution in [2.45, 2.75) is 32.5 Å². The maximum Gasteiger partial charge on any atom is 0.434 e. The summed E-state index contributed by atoms with van der Waals surface area (Å²) < 4.78 is 44.5. The lowest BCUT2D eigenvalue weighted by molar-refractivity contribution is -0.141. The Kier molecular flexibility index (Phi) is 3.87. The van der Waals surface area contributed by atoms with E-state index in [9.17, 15) is 18.0 Å². The average molecular weight is 328 g/mol. The van der Waals surface area contributed by atoms with E-state index in [0.29, 0.717) is 37.5 Å².